The van der Waals surface area contributed by atoms with Crippen LogP contribution in [0.5, 0.6) is 0 Å². The second kappa shape index (κ2) is 6.44. The zero-order chi connectivity index (χ0) is 13.8. The molecule has 0 unspecified atom stereocenters. The predicted molar refractivity (Wildman–Crippen MR) is 81.9 cm³/mol. The maximum Gasteiger partial charge on any atom is 0.284 e. The third-order valence-electron chi connectivity index (χ3n) is 2.30. The zero-order valence-electron chi connectivity index (χ0n) is 10.5. The molecule has 1 amide bonds. The quantitative estimate of drug-likeness (QED) is 0.889. The number of hydrogen-bond donors (Lipinski definition) is 1. The van der Waals surface area contributed by atoms with E-state index in [2.05, 4.69) is 31.4 Å². The van der Waals surface area contributed by atoms with Crippen LogP contribution in [0.3, 0.4) is 0 Å². The van der Waals surface area contributed by atoms with Crippen molar-refractivity contribution in [1.82, 2.24) is 15.1 Å². The molecule has 0 atom stereocenters. The lowest BCUT2D eigenvalue weighted by atomic mass is 10.4. The monoisotopic (exact) mass is 360 g/mol. The summed E-state index contributed by atoms with van der Waals surface area (Å²) in [5, 5.41) is 14.0. The van der Waals surface area contributed by atoms with Gasteiger partial charge in [0.1, 0.15) is 0 Å². The van der Waals surface area contributed by atoms with E-state index in [1.54, 1.807) is 23.3 Å². The van der Waals surface area contributed by atoms with Crippen molar-refractivity contribution in [1.29, 1.82) is 0 Å². The Morgan fingerprint density at radius 2 is 2.32 bits per heavy atom. The fraction of sp³-hybridized carbons (Fsp3) is 0.364. The number of thiophene rings is 1. The fourth-order valence-corrected chi connectivity index (χ4v) is 3.75. The van der Waals surface area contributed by atoms with Crippen molar-refractivity contribution in [2.24, 2.45) is 0 Å². The Hall–Kier alpha value is -0.990. The van der Waals surface area contributed by atoms with Crippen molar-refractivity contribution in [3.63, 3.8) is 0 Å². The summed E-state index contributed by atoms with van der Waals surface area (Å²) in [6.45, 7) is 3.32. The lowest BCUT2D eigenvalue weighted by Crippen LogP contribution is -2.25. The Morgan fingerprint density at radius 1 is 1.53 bits per heavy atom. The lowest BCUT2D eigenvalue weighted by molar-refractivity contribution is 0.0785. The largest absolute Gasteiger partial charge is 0.360 e. The summed E-state index contributed by atoms with van der Waals surface area (Å²) in [6, 6.07) is 2.01. The minimum atomic E-state index is -0.105. The predicted octanol–water partition coefficient (Wildman–Crippen LogP) is 3.07. The van der Waals surface area contributed by atoms with E-state index in [0.29, 0.717) is 16.7 Å². The van der Waals surface area contributed by atoms with E-state index in [1.807, 2.05) is 18.4 Å². The molecule has 5 nitrogen and oxygen atoms in total. The lowest BCUT2D eigenvalue weighted by Gasteiger charge is -2.13. The standard InChI is InChI=1S/C11H13BrN4OS2/c1-3-13-11-15-14-9(19-11)10(17)16(2)5-8-4-7(12)6-18-8/h4,6H,3,5H2,1-2H3,(H,13,15). The van der Waals surface area contributed by atoms with E-state index in [1.165, 1.54) is 11.3 Å². The first-order valence-electron chi connectivity index (χ1n) is 5.66. The van der Waals surface area contributed by atoms with Crippen molar-refractivity contribution >= 4 is 49.6 Å². The van der Waals surface area contributed by atoms with Crippen molar-refractivity contribution < 1.29 is 4.79 Å². The van der Waals surface area contributed by atoms with Crippen molar-refractivity contribution in [2.75, 3.05) is 18.9 Å². The molecule has 0 aliphatic heterocycles. The van der Waals surface area contributed by atoms with Gasteiger partial charge in [-0.25, -0.2) is 0 Å². The summed E-state index contributed by atoms with van der Waals surface area (Å²) in [7, 11) is 1.77. The summed E-state index contributed by atoms with van der Waals surface area (Å²) < 4.78 is 1.04. The summed E-state index contributed by atoms with van der Waals surface area (Å²) >= 11 is 6.30. The number of halogens is 1. The van der Waals surface area contributed by atoms with Crippen LogP contribution in [0.2, 0.25) is 0 Å². The van der Waals surface area contributed by atoms with Gasteiger partial charge in [-0.1, -0.05) is 11.3 Å². The molecule has 8 heteroatoms. The van der Waals surface area contributed by atoms with E-state index in [4.69, 9.17) is 0 Å². The van der Waals surface area contributed by atoms with E-state index in [0.717, 1.165) is 15.9 Å². The molecule has 0 aliphatic rings. The van der Waals surface area contributed by atoms with Gasteiger partial charge >= 0.3 is 0 Å². The number of amides is 1. The van der Waals surface area contributed by atoms with Crippen LogP contribution in [0.1, 0.15) is 21.6 Å². The number of nitrogens with one attached hydrogen (secondary N) is 1. The van der Waals surface area contributed by atoms with Gasteiger partial charge in [-0.05, 0) is 28.9 Å². The maximum atomic E-state index is 12.2. The molecule has 0 saturated carbocycles. The van der Waals surface area contributed by atoms with Gasteiger partial charge in [0.05, 0.1) is 6.54 Å². The Morgan fingerprint density at radius 3 is 2.95 bits per heavy atom. The molecular formula is C11H13BrN4OS2. The zero-order valence-corrected chi connectivity index (χ0v) is 13.7. The average Bonchev–Trinajstić information content (AvgIpc) is 2.98. The first-order chi connectivity index (χ1) is 9.10. The van der Waals surface area contributed by atoms with Crippen molar-refractivity contribution in [3.8, 4) is 0 Å². The highest BCUT2D eigenvalue weighted by Crippen LogP contribution is 2.22. The molecule has 0 aromatic carbocycles. The normalized spacial score (nSPS) is 10.5. The van der Waals surface area contributed by atoms with Crippen LogP contribution in [0.4, 0.5) is 5.13 Å². The van der Waals surface area contributed by atoms with E-state index < -0.39 is 0 Å². The third kappa shape index (κ3) is 3.74. The Balaban J connectivity index is 2.01. The van der Waals surface area contributed by atoms with Gasteiger partial charge in [-0.2, -0.15) is 0 Å². The van der Waals surface area contributed by atoms with Gasteiger partial charge in [-0.15, -0.1) is 21.5 Å². The van der Waals surface area contributed by atoms with E-state index >= 15 is 0 Å². The fourth-order valence-electron chi connectivity index (χ4n) is 1.44. The second-order valence-corrected chi connectivity index (χ2v) is 6.72. The van der Waals surface area contributed by atoms with Crippen LogP contribution >= 0.6 is 38.6 Å². The third-order valence-corrected chi connectivity index (χ3v) is 4.85. The molecule has 19 heavy (non-hydrogen) atoms. The average molecular weight is 361 g/mol. The molecule has 0 saturated heterocycles. The van der Waals surface area contributed by atoms with Crippen LogP contribution in [-0.2, 0) is 6.54 Å². The molecule has 2 aromatic heterocycles. The number of rotatable bonds is 5. The van der Waals surface area contributed by atoms with Crippen molar-refractivity contribution in [3.05, 3.63) is 25.8 Å². The number of carbonyl (C=O) groups excluding carboxylic acids is 1. The number of hydrogen-bond acceptors (Lipinski definition) is 6. The van der Waals surface area contributed by atoms with Crippen LogP contribution in [0, 0.1) is 0 Å². The summed E-state index contributed by atoms with van der Waals surface area (Å²) in [5.74, 6) is -0.105. The highest BCUT2D eigenvalue weighted by atomic mass is 79.9. The van der Waals surface area contributed by atoms with Gasteiger partial charge in [0, 0.05) is 28.3 Å². The highest BCUT2D eigenvalue weighted by molar-refractivity contribution is 9.10. The maximum absolute atomic E-state index is 12.2. The SMILES string of the molecule is CCNc1nnc(C(=O)N(C)Cc2cc(Br)cs2)s1. The Labute approximate surface area is 127 Å². The van der Waals surface area contributed by atoms with Crippen molar-refractivity contribution in [2.45, 2.75) is 13.5 Å². The molecule has 0 bridgehead atoms. The number of anilines is 1. The highest BCUT2D eigenvalue weighted by Gasteiger charge is 2.17. The molecule has 102 valence electrons. The molecule has 1 N–H and O–H groups in total. The molecule has 0 radical (unpaired) electrons. The Bertz CT molecular complexity index is 569. The summed E-state index contributed by atoms with van der Waals surface area (Å²) in [5.41, 5.74) is 0. The number of aromatic nitrogens is 2. The summed E-state index contributed by atoms with van der Waals surface area (Å²) in [4.78, 5) is 14.9. The van der Waals surface area contributed by atoms with Crippen LogP contribution in [-0.4, -0.2) is 34.6 Å². The van der Waals surface area contributed by atoms with Gasteiger partial charge in [0.15, 0.2) is 0 Å². The van der Waals surface area contributed by atoms with E-state index in [9.17, 15) is 4.79 Å². The molecule has 2 heterocycles. The van der Waals surface area contributed by atoms with Crippen LogP contribution < -0.4 is 5.32 Å². The van der Waals surface area contributed by atoms with Gasteiger partial charge in [-0.3, -0.25) is 4.79 Å². The first kappa shape index (κ1) is 14.4. The van der Waals surface area contributed by atoms with Crippen LogP contribution in [0.25, 0.3) is 0 Å². The molecule has 0 fully saturated rings. The van der Waals surface area contributed by atoms with Gasteiger partial charge in [0.2, 0.25) is 10.1 Å². The number of nitrogens with zero attached hydrogens (tertiary/aromatic N) is 3. The second-order valence-electron chi connectivity index (χ2n) is 3.84. The first-order valence-corrected chi connectivity index (χ1v) is 8.14. The van der Waals surface area contributed by atoms with E-state index in [-0.39, 0.29) is 5.91 Å². The smallest absolute Gasteiger partial charge is 0.284 e. The molecule has 2 aromatic rings. The summed E-state index contributed by atoms with van der Waals surface area (Å²) in [6.07, 6.45) is 0. The number of carbonyl (C=O) groups is 1. The van der Waals surface area contributed by atoms with Gasteiger partial charge < -0.3 is 10.2 Å². The molecular weight excluding hydrogens is 348 g/mol. The van der Waals surface area contributed by atoms with Gasteiger partial charge in [0.25, 0.3) is 5.91 Å². The Kier molecular flexibility index (Phi) is 4.89. The van der Waals surface area contributed by atoms with Crippen LogP contribution in [0.15, 0.2) is 15.9 Å². The minimum absolute atomic E-state index is 0.105. The molecule has 0 aliphatic carbocycles. The topological polar surface area (TPSA) is 58.1 Å². The molecule has 0 spiro atoms. The molecule has 2 rings (SSSR count). The minimum Gasteiger partial charge on any atom is -0.360 e.